The summed E-state index contributed by atoms with van der Waals surface area (Å²) in [6.07, 6.45) is 2.31. The molecule has 0 radical (unpaired) electrons. The van der Waals surface area contributed by atoms with Gasteiger partial charge in [0, 0.05) is 22.8 Å². The first-order valence-electron chi connectivity index (χ1n) is 5.99. The third kappa shape index (κ3) is 4.18. The molecule has 0 aliphatic heterocycles. The fourth-order valence-corrected chi connectivity index (χ4v) is 1.76. The molecule has 0 saturated carbocycles. The Kier molecular flexibility index (Phi) is 4.95. The molecule has 0 fully saturated rings. The van der Waals surface area contributed by atoms with E-state index in [9.17, 15) is 4.79 Å². The number of carbonyl (C=O) groups excluding carboxylic acids is 1. The van der Waals surface area contributed by atoms with Crippen LogP contribution in [0.4, 0.5) is 0 Å². The van der Waals surface area contributed by atoms with Crippen molar-refractivity contribution in [2.45, 2.75) is 33.1 Å². The van der Waals surface area contributed by atoms with Crippen molar-refractivity contribution < 1.29 is 4.79 Å². The van der Waals surface area contributed by atoms with Gasteiger partial charge in [0.2, 0.25) is 0 Å². The summed E-state index contributed by atoms with van der Waals surface area (Å²) in [5.74, 6) is 0.250. The molecule has 0 N–H and O–H groups in total. The highest BCUT2D eigenvalue weighted by Gasteiger charge is 2.24. The van der Waals surface area contributed by atoms with Crippen LogP contribution in [0.3, 0.4) is 0 Å². The number of ketones is 1. The van der Waals surface area contributed by atoms with Crippen molar-refractivity contribution in [2.24, 2.45) is 5.41 Å². The molecule has 0 heterocycles. The number of halogens is 1. The Morgan fingerprint density at radius 1 is 1.39 bits per heavy atom. The number of hydrogen-bond acceptors (Lipinski definition) is 1. The first kappa shape index (κ1) is 14.8. The number of hydrogen-bond donors (Lipinski definition) is 0. The summed E-state index contributed by atoms with van der Waals surface area (Å²) < 4.78 is 0. The average molecular weight is 263 g/mol. The van der Waals surface area contributed by atoms with Crippen molar-refractivity contribution in [3.63, 3.8) is 0 Å². The fourth-order valence-electron chi connectivity index (χ4n) is 1.63. The van der Waals surface area contributed by atoms with E-state index in [4.69, 9.17) is 11.6 Å². The van der Waals surface area contributed by atoms with Crippen LogP contribution >= 0.6 is 11.6 Å². The molecule has 1 aromatic rings. The minimum atomic E-state index is -0.320. The lowest BCUT2D eigenvalue weighted by Crippen LogP contribution is -2.21. The highest BCUT2D eigenvalue weighted by atomic mass is 35.5. The van der Waals surface area contributed by atoms with E-state index >= 15 is 0 Å². The quantitative estimate of drug-likeness (QED) is 0.715. The van der Waals surface area contributed by atoms with Crippen LogP contribution in [0.5, 0.6) is 0 Å². The Balaban J connectivity index is 2.94. The predicted molar refractivity (Wildman–Crippen MR) is 77.0 cm³/mol. The summed E-state index contributed by atoms with van der Waals surface area (Å²) in [5, 5.41) is 0.697. The van der Waals surface area contributed by atoms with E-state index in [-0.39, 0.29) is 17.1 Å². The Morgan fingerprint density at radius 3 is 2.39 bits per heavy atom. The van der Waals surface area contributed by atoms with Crippen LogP contribution in [0.25, 0.3) is 0 Å². The van der Waals surface area contributed by atoms with Gasteiger partial charge in [0.1, 0.15) is 5.78 Å². The molecule has 1 atom stereocenters. The molecule has 0 aliphatic carbocycles. The van der Waals surface area contributed by atoms with E-state index in [1.165, 1.54) is 0 Å². The molecule has 1 aromatic carbocycles. The van der Waals surface area contributed by atoms with Gasteiger partial charge in [-0.25, -0.2) is 0 Å². The van der Waals surface area contributed by atoms with E-state index < -0.39 is 0 Å². The molecule has 0 amide bonds. The first-order chi connectivity index (χ1) is 8.34. The van der Waals surface area contributed by atoms with E-state index in [2.05, 4.69) is 12.3 Å². The van der Waals surface area contributed by atoms with Crippen molar-refractivity contribution >= 4 is 17.4 Å². The molecular weight excluding hydrogens is 244 g/mol. The van der Waals surface area contributed by atoms with Crippen molar-refractivity contribution in [1.82, 2.24) is 0 Å². The highest BCUT2D eigenvalue weighted by Crippen LogP contribution is 2.27. The second-order valence-electron chi connectivity index (χ2n) is 5.41. The Hall–Kier alpha value is -1.30. The Labute approximate surface area is 114 Å². The lowest BCUT2D eigenvalue weighted by atomic mass is 9.83. The van der Waals surface area contributed by atoms with Gasteiger partial charge in [-0.15, -0.1) is 5.73 Å². The third-order valence-electron chi connectivity index (χ3n) is 2.86. The number of carbonyl (C=O) groups is 1. The van der Waals surface area contributed by atoms with Gasteiger partial charge in [-0.05, 0) is 23.8 Å². The van der Waals surface area contributed by atoms with Crippen LogP contribution < -0.4 is 0 Å². The molecule has 1 rings (SSSR count). The molecule has 1 nitrogen and oxygen atoms in total. The van der Waals surface area contributed by atoms with Crippen LogP contribution in [0.15, 0.2) is 42.7 Å². The van der Waals surface area contributed by atoms with Gasteiger partial charge in [-0.1, -0.05) is 51.1 Å². The smallest absolute Gasteiger partial charge is 0.139 e. The maximum atomic E-state index is 12.1. The Morgan fingerprint density at radius 2 is 1.94 bits per heavy atom. The van der Waals surface area contributed by atoms with Crippen LogP contribution in [-0.2, 0) is 4.79 Å². The van der Waals surface area contributed by atoms with E-state index in [1.54, 1.807) is 0 Å². The topological polar surface area (TPSA) is 17.1 Å². The van der Waals surface area contributed by atoms with Crippen molar-refractivity contribution in [3.8, 4) is 0 Å². The van der Waals surface area contributed by atoms with Crippen molar-refractivity contribution in [1.29, 1.82) is 0 Å². The van der Waals surface area contributed by atoms with Gasteiger partial charge in [0.05, 0.1) is 0 Å². The summed E-state index contributed by atoms with van der Waals surface area (Å²) >= 11 is 5.87. The minimum absolute atomic E-state index is 0.0199. The van der Waals surface area contributed by atoms with Gasteiger partial charge < -0.3 is 0 Å². The number of Topliss-reactive ketones (excluding diaryl/α,β-unsaturated/α-hetero) is 1. The second kappa shape index (κ2) is 6.04. The molecule has 0 saturated heterocycles. The predicted octanol–water partition coefficient (Wildman–Crippen LogP) is 4.77. The minimum Gasteiger partial charge on any atom is -0.299 e. The normalized spacial score (nSPS) is 12.7. The SMILES string of the molecule is C=C=CC(CC(=O)C(C)(C)C)c1ccc(Cl)cc1. The van der Waals surface area contributed by atoms with E-state index in [1.807, 2.05) is 51.1 Å². The zero-order chi connectivity index (χ0) is 13.8. The molecule has 0 spiro atoms. The zero-order valence-electron chi connectivity index (χ0n) is 11.2. The summed E-state index contributed by atoms with van der Waals surface area (Å²) in [5.41, 5.74) is 3.52. The van der Waals surface area contributed by atoms with Gasteiger partial charge in [0.25, 0.3) is 0 Å². The van der Waals surface area contributed by atoms with Gasteiger partial charge in [0.15, 0.2) is 0 Å². The summed E-state index contributed by atoms with van der Waals surface area (Å²) in [7, 11) is 0. The standard InChI is InChI=1S/C16H19ClO/c1-5-6-13(11-15(18)16(2,3)4)12-7-9-14(17)10-8-12/h6-10,13H,1,11H2,2-4H3. The molecule has 1 unspecified atom stereocenters. The molecule has 96 valence electrons. The van der Waals surface area contributed by atoms with Crippen LogP contribution in [0.1, 0.15) is 38.7 Å². The van der Waals surface area contributed by atoms with Crippen molar-refractivity contribution in [3.05, 3.63) is 53.2 Å². The molecule has 0 aliphatic rings. The lowest BCUT2D eigenvalue weighted by Gasteiger charge is -2.20. The molecule has 0 aromatic heterocycles. The first-order valence-corrected chi connectivity index (χ1v) is 6.37. The molecule has 2 heteroatoms. The highest BCUT2D eigenvalue weighted by molar-refractivity contribution is 6.30. The van der Waals surface area contributed by atoms with Crippen molar-refractivity contribution in [2.75, 3.05) is 0 Å². The monoisotopic (exact) mass is 262 g/mol. The second-order valence-corrected chi connectivity index (χ2v) is 5.84. The number of rotatable bonds is 4. The van der Waals surface area contributed by atoms with E-state index in [0.29, 0.717) is 11.4 Å². The zero-order valence-corrected chi connectivity index (χ0v) is 11.9. The maximum absolute atomic E-state index is 12.1. The van der Waals surface area contributed by atoms with Gasteiger partial charge in [-0.2, -0.15) is 0 Å². The van der Waals surface area contributed by atoms with Crippen LogP contribution in [-0.4, -0.2) is 5.78 Å². The molecule has 0 bridgehead atoms. The average Bonchev–Trinajstić information content (AvgIpc) is 2.28. The third-order valence-corrected chi connectivity index (χ3v) is 3.11. The number of allylic oxidation sites excluding steroid dienone is 1. The fraction of sp³-hybridized carbons (Fsp3) is 0.375. The largest absolute Gasteiger partial charge is 0.299 e. The summed E-state index contributed by atoms with van der Waals surface area (Å²) in [6.45, 7) is 9.40. The molecule has 18 heavy (non-hydrogen) atoms. The van der Waals surface area contributed by atoms with Crippen LogP contribution in [0.2, 0.25) is 5.02 Å². The lowest BCUT2D eigenvalue weighted by molar-refractivity contribution is -0.126. The number of benzene rings is 1. The summed E-state index contributed by atoms with van der Waals surface area (Å²) in [4.78, 5) is 12.1. The Bertz CT molecular complexity index is 459. The maximum Gasteiger partial charge on any atom is 0.139 e. The summed E-state index contributed by atoms with van der Waals surface area (Å²) in [6, 6.07) is 7.55. The molecular formula is C16H19ClO. The van der Waals surface area contributed by atoms with Crippen LogP contribution in [0, 0.1) is 5.41 Å². The van der Waals surface area contributed by atoms with Gasteiger partial charge in [-0.3, -0.25) is 4.79 Å². The van der Waals surface area contributed by atoms with Gasteiger partial charge >= 0.3 is 0 Å². The van der Waals surface area contributed by atoms with E-state index in [0.717, 1.165) is 5.56 Å².